The zero-order chi connectivity index (χ0) is 19.9. The van der Waals surface area contributed by atoms with Crippen molar-refractivity contribution in [1.29, 1.82) is 0 Å². The van der Waals surface area contributed by atoms with Crippen molar-refractivity contribution >= 4 is 10.9 Å². The summed E-state index contributed by atoms with van der Waals surface area (Å²) in [5.74, 6) is -1.99. The third-order valence-electron chi connectivity index (χ3n) is 4.36. The van der Waals surface area contributed by atoms with E-state index < -0.39 is 22.5 Å². The minimum absolute atomic E-state index is 0.306. The van der Waals surface area contributed by atoms with Crippen molar-refractivity contribution < 1.29 is 17.6 Å². The average Bonchev–Trinajstić information content (AvgIpc) is 2.56. The summed E-state index contributed by atoms with van der Waals surface area (Å²) >= 11 is 0. The minimum Gasteiger partial charge on any atom is -0.207 e. The lowest BCUT2D eigenvalue weighted by Crippen LogP contribution is -2.09. The molecule has 0 aliphatic heterocycles. The molecule has 0 spiro atoms. The summed E-state index contributed by atoms with van der Waals surface area (Å²) in [4.78, 5) is 1.87. The van der Waals surface area contributed by atoms with Gasteiger partial charge >= 0.3 is 0 Å². The monoisotopic (exact) mass is 391 g/mol. The molecule has 0 unspecified atom stereocenters. The van der Waals surface area contributed by atoms with E-state index in [1.54, 1.807) is 52.0 Å². The van der Waals surface area contributed by atoms with Crippen LogP contribution in [0.5, 0.6) is 0 Å². The topological polar surface area (TPSA) is 0 Å². The molecule has 0 fully saturated rings. The molecule has 0 atom stereocenters. The van der Waals surface area contributed by atoms with Crippen LogP contribution in [0.4, 0.5) is 17.6 Å². The molecule has 3 aromatic carbocycles. The number of hydrogen-bond donors (Lipinski definition) is 0. The molecule has 27 heavy (non-hydrogen) atoms. The summed E-state index contributed by atoms with van der Waals surface area (Å²) in [5, 5.41) is 0. The molecule has 0 radical (unpaired) electrons. The second-order valence-corrected chi connectivity index (χ2v) is 8.68. The highest BCUT2D eigenvalue weighted by Crippen LogP contribution is 2.35. The van der Waals surface area contributed by atoms with Crippen molar-refractivity contribution in [3.8, 4) is 0 Å². The third kappa shape index (κ3) is 3.88. The quantitative estimate of drug-likeness (QED) is 0.350. The fourth-order valence-electron chi connectivity index (χ4n) is 3.10. The summed E-state index contributed by atoms with van der Waals surface area (Å²) in [6.45, 7) is 6.61. The smallest absolute Gasteiger partial charge is 0.172 e. The van der Waals surface area contributed by atoms with Gasteiger partial charge in [-0.05, 0) is 74.2 Å². The Morgan fingerprint density at radius 2 is 0.778 bits per heavy atom. The lowest BCUT2D eigenvalue weighted by atomic mass is 10.1. The van der Waals surface area contributed by atoms with Gasteiger partial charge in [0.2, 0.25) is 0 Å². The molecule has 0 nitrogen and oxygen atoms in total. The van der Waals surface area contributed by atoms with Crippen LogP contribution in [0.3, 0.4) is 0 Å². The molecule has 0 bridgehead atoms. The molecular formula is C22H19F4S+. The van der Waals surface area contributed by atoms with Crippen molar-refractivity contribution in [2.24, 2.45) is 0 Å². The van der Waals surface area contributed by atoms with Gasteiger partial charge in [0.05, 0.1) is 10.9 Å². The van der Waals surface area contributed by atoms with Crippen molar-refractivity contribution in [2.75, 3.05) is 0 Å². The van der Waals surface area contributed by atoms with E-state index in [1.807, 2.05) is 0 Å². The van der Waals surface area contributed by atoms with E-state index in [0.29, 0.717) is 27.1 Å². The highest BCUT2D eigenvalue weighted by Gasteiger charge is 2.32. The van der Waals surface area contributed by atoms with Gasteiger partial charge in [-0.25, -0.2) is 17.6 Å². The van der Waals surface area contributed by atoms with Crippen LogP contribution in [0.15, 0.2) is 57.2 Å². The van der Waals surface area contributed by atoms with Crippen LogP contribution >= 0.6 is 0 Å². The van der Waals surface area contributed by atoms with Crippen molar-refractivity contribution in [3.63, 3.8) is 0 Å². The lowest BCUT2D eigenvalue weighted by Gasteiger charge is -2.12. The molecule has 0 heterocycles. The molecule has 140 valence electrons. The molecule has 0 aliphatic carbocycles. The summed E-state index contributed by atoms with van der Waals surface area (Å²) in [7, 11) is -0.906. The molecular weight excluding hydrogens is 372 g/mol. The van der Waals surface area contributed by atoms with E-state index in [4.69, 9.17) is 0 Å². The fraction of sp³-hybridized carbons (Fsp3) is 0.182. The maximum absolute atomic E-state index is 14.1. The Labute approximate surface area is 159 Å². The molecule has 3 aromatic rings. The predicted molar refractivity (Wildman–Crippen MR) is 100 cm³/mol. The van der Waals surface area contributed by atoms with E-state index in [9.17, 15) is 17.6 Å². The average molecular weight is 391 g/mol. The highest BCUT2D eigenvalue weighted by atomic mass is 32.2. The van der Waals surface area contributed by atoms with Gasteiger partial charge in [-0.3, -0.25) is 0 Å². The number of aryl methyl sites for hydroxylation is 4. The van der Waals surface area contributed by atoms with Crippen LogP contribution in [0.1, 0.15) is 22.3 Å². The van der Waals surface area contributed by atoms with Crippen molar-refractivity contribution in [3.05, 3.63) is 88.0 Å². The van der Waals surface area contributed by atoms with E-state index in [1.165, 1.54) is 12.1 Å². The predicted octanol–water partition coefficient (Wildman–Crippen LogP) is 6.57. The first-order valence-electron chi connectivity index (χ1n) is 8.41. The van der Waals surface area contributed by atoms with Gasteiger partial charge in [-0.1, -0.05) is 0 Å². The van der Waals surface area contributed by atoms with Crippen LogP contribution in [0.25, 0.3) is 0 Å². The third-order valence-corrected chi connectivity index (χ3v) is 6.48. The van der Waals surface area contributed by atoms with Crippen LogP contribution in [-0.2, 0) is 10.9 Å². The summed E-state index contributed by atoms with van der Waals surface area (Å²) in [6, 6.07) is 10.1. The SMILES string of the molecule is Cc1cc([S+](c2cc(F)cc(F)c2)c2cc(C)c(F)c(C)c2)cc(C)c1F. The Balaban J connectivity index is 2.30. The number of halogens is 4. The van der Waals surface area contributed by atoms with E-state index in [2.05, 4.69) is 0 Å². The lowest BCUT2D eigenvalue weighted by molar-refractivity contribution is 0.577. The van der Waals surface area contributed by atoms with E-state index in [0.717, 1.165) is 15.9 Å². The zero-order valence-electron chi connectivity index (χ0n) is 15.5. The van der Waals surface area contributed by atoms with Crippen molar-refractivity contribution in [1.82, 2.24) is 0 Å². The molecule has 0 amide bonds. The molecule has 3 rings (SSSR count). The Bertz CT molecular complexity index is 903. The zero-order valence-corrected chi connectivity index (χ0v) is 16.3. The summed E-state index contributed by atoms with van der Waals surface area (Å²) in [6.07, 6.45) is 0. The maximum atomic E-state index is 14.1. The van der Waals surface area contributed by atoms with Gasteiger partial charge in [0.25, 0.3) is 0 Å². The van der Waals surface area contributed by atoms with Crippen LogP contribution in [-0.4, -0.2) is 0 Å². The summed E-state index contributed by atoms with van der Waals surface area (Å²) in [5.41, 5.74) is 1.81. The van der Waals surface area contributed by atoms with Gasteiger partial charge in [0.1, 0.15) is 23.3 Å². The normalized spacial score (nSPS) is 11.3. The highest BCUT2D eigenvalue weighted by molar-refractivity contribution is 7.97. The fourth-order valence-corrected chi connectivity index (χ4v) is 5.56. The van der Waals surface area contributed by atoms with E-state index in [-0.39, 0.29) is 11.6 Å². The molecule has 0 N–H and O–H groups in total. The standard InChI is InChI=1S/C22H19F4S/c1-12-5-18(6-13(2)21(12)25)27(20-10-16(23)9-17(24)11-20)19-7-14(3)22(26)15(4)8-19/h5-11H,1-4H3/q+1. The Hall–Kier alpha value is -2.27. The first kappa shape index (κ1) is 19.5. The molecule has 0 saturated carbocycles. The minimum atomic E-state index is -0.906. The molecule has 0 saturated heterocycles. The van der Waals surface area contributed by atoms with Gasteiger partial charge in [0, 0.05) is 18.2 Å². The van der Waals surface area contributed by atoms with Crippen LogP contribution in [0.2, 0.25) is 0 Å². The molecule has 0 aliphatic rings. The van der Waals surface area contributed by atoms with Crippen molar-refractivity contribution in [2.45, 2.75) is 42.4 Å². The molecule has 5 heteroatoms. The Morgan fingerprint density at radius 3 is 1.11 bits per heavy atom. The second kappa shape index (κ2) is 7.39. The molecule has 0 aromatic heterocycles. The first-order valence-corrected chi connectivity index (χ1v) is 9.63. The van der Waals surface area contributed by atoms with E-state index >= 15 is 0 Å². The number of hydrogen-bond acceptors (Lipinski definition) is 0. The summed E-state index contributed by atoms with van der Waals surface area (Å²) < 4.78 is 56.1. The largest absolute Gasteiger partial charge is 0.207 e. The van der Waals surface area contributed by atoms with Gasteiger partial charge in [-0.2, -0.15) is 0 Å². The Morgan fingerprint density at radius 1 is 0.481 bits per heavy atom. The van der Waals surface area contributed by atoms with Crippen LogP contribution in [0, 0.1) is 51.0 Å². The second-order valence-electron chi connectivity index (χ2n) is 6.65. The van der Waals surface area contributed by atoms with Crippen LogP contribution < -0.4 is 0 Å². The Kier molecular flexibility index (Phi) is 5.33. The van der Waals surface area contributed by atoms with Gasteiger partial charge in [0.15, 0.2) is 14.7 Å². The maximum Gasteiger partial charge on any atom is 0.172 e. The van der Waals surface area contributed by atoms with Gasteiger partial charge < -0.3 is 0 Å². The number of benzene rings is 3. The number of rotatable bonds is 3. The first-order chi connectivity index (χ1) is 12.7. The van der Waals surface area contributed by atoms with Gasteiger partial charge in [-0.15, -0.1) is 0 Å².